The van der Waals surface area contributed by atoms with Gasteiger partial charge >= 0.3 is 112 Å². The Labute approximate surface area is 316 Å². The van der Waals surface area contributed by atoms with Crippen molar-refractivity contribution in [1.82, 2.24) is 0 Å². The fraction of sp³-hybridized carbons (Fsp3) is 0.267. The Balaban J connectivity index is 0.000000195. The minimum absolute atomic E-state index is 0. The average Bonchev–Trinajstić information content (AvgIpc) is 3.81. The fourth-order valence-corrected chi connectivity index (χ4v) is 8.41. The van der Waals surface area contributed by atoms with Gasteiger partial charge in [0.1, 0.15) is 0 Å². The van der Waals surface area contributed by atoms with E-state index in [0.717, 1.165) is 12.8 Å². The normalized spacial score (nSPS) is 16.5. The molecule has 0 spiro atoms. The number of benzene rings is 3. The maximum Gasteiger partial charge on any atom is -0.172 e. The molecule has 0 amide bonds. The summed E-state index contributed by atoms with van der Waals surface area (Å²) in [5.41, 5.74) is 18.1. The second kappa shape index (κ2) is 15.0. The number of aryl methyl sites for hydroxylation is 2. The van der Waals surface area contributed by atoms with Gasteiger partial charge in [0.05, 0.1) is 0 Å². The van der Waals surface area contributed by atoms with Crippen molar-refractivity contribution in [2.24, 2.45) is 5.41 Å². The van der Waals surface area contributed by atoms with Crippen molar-refractivity contribution < 1.29 is 49.0 Å². The van der Waals surface area contributed by atoms with Gasteiger partial charge in [0.15, 0.2) is 0 Å². The molecule has 4 aromatic carbocycles. The Hall–Kier alpha value is -2.83. The van der Waals surface area contributed by atoms with Crippen LogP contribution in [-0.2, 0) is 36.1 Å². The summed E-state index contributed by atoms with van der Waals surface area (Å²) in [6.07, 6.45) is 14.3. The predicted molar refractivity (Wildman–Crippen MR) is 196 cm³/mol. The molecule has 0 aliphatic heterocycles. The third kappa shape index (κ3) is 7.50. The van der Waals surface area contributed by atoms with Crippen LogP contribution >= 0.6 is 0 Å². The molecule has 48 heavy (non-hydrogen) atoms. The second-order valence-corrected chi connectivity index (χ2v) is 15.9. The molecule has 246 valence electrons. The van der Waals surface area contributed by atoms with E-state index >= 15 is 0 Å². The summed E-state index contributed by atoms with van der Waals surface area (Å²) in [6, 6.07) is 27.5. The van der Waals surface area contributed by atoms with Gasteiger partial charge in [-0.25, -0.2) is 24.1 Å². The first-order chi connectivity index (χ1) is 21.9. The zero-order chi connectivity index (χ0) is 32.8. The smallest absolute Gasteiger partial charge is 0.172 e. The maximum absolute atomic E-state index is 2.48. The van der Waals surface area contributed by atoms with E-state index in [-0.39, 0.29) is 35.6 Å². The van der Waals surface area contributed by atoms with Crippen LogP contribution in [0.5, 0.6) is 0 Å². The summed E-state index contributed by atoms with van der Waals surface area (Å²) < 4.78 is 1.42. The van der Waals surface area contributed by atoms with Crippen molar-refractivity contribution in [3.63, 3.8) is 0 Å². The van der Waals surface area contributed by atoms with E-state index in [9.17, 15) is 0 Å². The SMILES string of the molecule is CC1=CC=c2c1c1c(c3c2=C(C)[CH-]C3(C)C)CC2=C1CC(C)(C)C=C2.Cc1ccc([C](=[Zr+2])c2ccc(C)cc2)cc1.[Cl-].[Cl-].c1cc[cH-]c1. The first-order valence-corrected chi connectivity index (χ1v) is 17.9. The summed E-state index contributed by atoms with van der Waals surface area (Å²) in [5, 5.41) is 3.00. The molecule has 0 N–H and O–H groups in total. The van der Waals surface area contributed by atoms with Crippen LogP contribution in [0.15, 0.2) is 103 Å². The van der Waals surface area contributed by atoms with Crippen molar-refractivity contribution in [3.8, 4) is 0 Å². The number of allylic oxidation sites excluding steroid dienone is 6. The summed E-state index contributed by atoms with van der Waals surface area (Å²) >= 11 is 1.46. The summed E-state index contributed by atoms with van der Waals surface area (Å²) in [6.45, 7) is 18.3. The molecule has 4 aromatic rings. The fourth-order valence-electron chi connectivity index (χ4n) is 7.59. The monoisotopic (exact) mass is 746 g/mol. The van der Waals surface area contributed by atoms with Crippen LogP contribution in [0.2, 0.25) is 0 Å². The molecule has 0 unspecified atom stereocenters. The van der Waals surface area contributed by atoms with Crippen molar-refractivity contribution in [2.75, 3.05) is 0 Å². The van der Waals surface area contributed by atoms with E-state index in [2.05, 4.69) is 135 Å². The largest absolute Gasteiger partial charge is 1.00 e. The Morgan fingerprint density at radius 2 is 1.31 bits per heavy atom. The van der Waals surface area contributed by atoms with Crippen LogP contribution in [0, 0.1) is 25.7 Å². The van der Waals surface area contributed by atoms with Crippen LogP contribution in [0.1, 0.15) is 92.5 Å². The Morgan fingerprint density at radius 1 is 0.750 bits per heavy atom. The quantitative estimate of drug-likeness (QED) is 0.275. The number of fused-ring (bicyclic) bond motifs is 7. The van der Waals surface area contributed by atoms with Gasteiger partial charge in [-0.05, 0) is 53.0 Å². The number of hydrogen-bond acceptors (Lipinski definition) is 0. The van der Waals surface area contributed by atoms with E-state index in [1.807, 2.05) is 30.3 Å². The minimum atomic E-state index is 0. The van der Waals surface area contributed by atoms with Crippen molar-refractivity contribution >= 4 is 26.0 Å². The first-order valence-electron chi connectivity index (χ1n) is 16.6. The summed E-state index contributed by atoms with van der Waals surface area (Å²) in [4.78, 5) is 0. The van der Waals surface area contributed by atoms with Gasteiger partial charge in [0.25, 0.3) is 0 Å². The third-order valence-corrected chi connectivity index (χ3v) is 11.2. The number of rotatable bonds is 2. The van der Waals surface area contributed by atoms with Crippen LogP contribution in [-0.4, -0.2) is 3.21 Å². The molecule has 0 fully saturated rings. The van der Waals surface area contributed by atoms with Gasteiger partial charge in [-0.3, -0.25) is 0 Å². The van der Waals surface area contributed by atoms with E-state index in [1.54, 1.807) is 27.8 Å². The van der Waals surface area contributed by atoms with Gasteiger partial charge in [-0.15, -0.1) is 5.56 Å². The molecular formula is C45H46Cl2Zr-2. The Morgan fingerprint density at radius 3 is 1.83 bits per heavy atom. The standard InChI is InChI=1S/C25H27.C15H14.C5H5.2ClH.Zr/c1-14-7-8-17-20(14)22-18(23-21(17)15(2)12-25(23,5)6)11-16-9-10-24(3,4)13-19(16)22;1-12-3-7-14(8-4-12)11-15-9-5-13(2)6-10-15;1-2-4-5-3-1;;;/h7-10,12H,11,13H2,1-6H3;3-10H,1-2H3;1-5H;2*1H;/q-1;;-1;;;+2/p-2. The maximum atomic E-state index is 2.48. The molecule has 0 bridgehead atoms. The predicted octanol–water partition coefficient (Wildman–Crippen LogP) is 3.68. The molecule has 4 aliphatic carbocycles. The van der Waals surface area contributed by atoms with E-state index in [4.69, 9.17) is 0 Å². The first kappa shape index (κ1) is 38.0. The Bertz CT molecular complexity index is 1960. The zero-order valence-electron chi connectivity index (χ0n) is 29.6. The number of halogens is 2. The van der Waals surface area contributed by atoms with Crippen LogP contribution in [0.3, 0.4) is 0 Å². The number of hydrogen-bond donors (Lipinski definition) is 0. The van der Waals surface area contributed by atoms with Crippen molar-refractivity contribution in [2.45, 2.75) is 73.6 Å². The van der Waals surface area contributed by atoms with Gasteiger partial charge in [0.2, 0.25) is 0 Å². The summed E-state index contributed by atoms with van der Waals surface area (Å²) in [7, 11) is 0. The average molecular weight is 749 g/mol. The minimum Gasteiger partial charge on any atom is -1.00 e. The van der Waals surface area contributed by atoms with Gasteiger partial charge in [-0.1, -0.05) is 75.1 Å². The van der Waals surface area contributed by atoms with Crippen LogP contribution in [0.4, 0.5) is 0 Å². The van der Waals surface area contributed by atoms with Crippen molar-refractivity contribution in [1.29, 1.82) is 0 Å². The Kier molecular flexibility index (Phi) is 11.8. The molecule has 4 aliphatic rings. The zero-order valence-corrected chi connectivity index (χ0v) is 33.5. The molecule has 0 radical (unpaired) electrons. The molecule has 0 saturated carbocycles. The van der Waals surface area contributed by atoms with Gasteiger partial charge in [0, 0.05) is 0 Å². The molecule has 0 nitrogen and oxygen atoms in total. The topological polar surface area (TPSA) is 0 Å². The van der Waals surface area contributed by atoms with Crippen LogP contribution in [0.25, 0.3) is 22.8 Å². The van der Waals surface area contributed by atoms with Gasteiger partial charge < -0.3 is 24.8 Å². The molecule has 0 heterocycles. The molecular weight excluding hydrogens is 703 g/mol. The second-order valence-electron chi connectivity index (χ2n) is 14.7. The molecule has 3 heteroatoms. The molecule has 0 aromatic heterocycles. The van der Waals surface area contributed by atoms with E-state index in [0.29, 0.717) is 0 Å². The van der Waals surface area contributed by atoms with E-state index < -0.39 is 0 Å². The third-order valence-electron chi connectivity index (χ3n) is 9.81. The summed E-state index contributed by atoms with van der Waals surface area (Å²) in [5.74, 6) is 0. The van der Waals surface area contributed by atoms with Crippen LogP contribution < -0.4 is 35.3 Å². The van der Waals surface area contributed by atoms with Crippen molar-refractivity contribution in [3.05, 3.63) is 164 Å². The molecule has 0 saturated heterocycles. The van der Waals surface area contributed by atoms with E-state index in [1.165, 1.54) is 76.8 Å². The molecule has 8 rings (SSSR count). The van der Waals surface area contributed by atoms with Gasteiger partial charge in [-0.2, -0.15) is 23.4 Å². The molecule has 0 atom stereocenters.